The Kier molecular flexibility index (Phi) is 4.41. The molecule has 0 bridgehead atoms. The Morgan fingerprint density at radius 1 is 1.50 bits per heavy atom. The van der Waals surface area contributed by atoms with E-state index >= 15 is 0 Å². The SMILES string of the molecule is O=C(O)c1ccc(NCC2COCCO2)c(Cl)c1. The standard InChI is InChI=1S/C12H14ClNO4/c13-10-5-8(12(15)16)1-2-11(10)14-6-9-7-17-3-4-18-9/h1-2,5,9,14H,3-4,6-7H2,(H,15,16). The predicted octanol–water partition coefficient (Wildman–Crippen LogP) is 1.87. The van der Waals surface area contributed by atoms with Crippen LogP contribution < -0.4 is 5.32 Å². The fourth-order valence-electron chi connectivity index (χ4n) is 1.67. The summed E-state index contributed by atoms with van der Waals surface area (Å²) in [6.45, 7) is 2.35. The van der Waals surface area contributed by atoms with Gasteiger partial charge in [-0.2, -0.15) is 0 Å². The maximum absolute atomic E-state index is 10.8. The molecule has 0 spiro atoms. The molecule has 6 heteroatoms. The Labute approximate surface area is 110 Å². The van der Waals surface area contributed by atoms with Crippen molar-refractivity contribution in [1.29, 1.82) is 0 Å². The summed E-state index contributed by atoms with van der Waals surface area (Å²) in [4.78, 5) is 10.8. The Balaban J connectivity index is 1.94. The average molecular weight is 272 g/mol. The van der Waals surface area contributed by atoms with E-state index in [9.17, 15) is 4.79 Å². The zero-order chi connectivity index (χ0) is 13.0. The third-order valence-electron chi connectivity index (χ3n) is 2.62. The normalized spacial score (nSPS) is 19.5. The molecule has 0 amide bonds. The fraction of sp³-hybridized carbons (Fsp3) is 0.417. The van der Waals surface area contributed by atoms with Gasteiger partial charge >= 0.3 is 5.97 Å². The van der Waals surface area contributed by atoms with E-state index in [0.29, 0.717) is 37.1 Å². The van der Waals surface area contributed by atoms with Crippen LogP contribution in [0.3, 0.4) is 0 Å². The fourth-order valence-corrected chi connectivity index (χ4v) is 1.92. The first kappa shape index (κ1) is 13.1. The van der Waals surface area contributed by atoms with Gasteiger partial charge in [0.15, 0.2) is 0 Å². The molecule has 1 aliphatic heterocycles. The Morgan fingerprint density at radius 2 is 2.33 bits per heavy atom. The summed E-state index contributed by atoms with van der Waals surface area (Å²) in [5, 5.41) is 12.3. The van der Waals surface area contributed by atoms with Crippen molar-refractivity contribution < 1.29 is 19.4 Å². The average Bonchev–Trinajstić information content (AvgIpc) is 2.38. The summed E-state index contributed by atoms with van der Waals surface area (Å²) in [6, 6.07) is 4.58. The highest BCUT2D eigenvalue weighted by atomic mass is 35.5. The molecule has 0 saturated carbocycles. The van der Waals surface area contributed by atoms with Gasteiger partial charge in [0.1, 0.15) is 0 Å². The second-order valence-corrected chi connectivity index (χ2v) is 4.36. The number of hydrogen-bond donors (Lipinski definition) is 2. The lowest BCUT2D eigenvalue weighted by atomic mass is 10.2. The molecule has 1 heterocycles. The van der Waals surface area contributed by atoms with Crippen molar-refractivity contribution in [2.24, 2.45) is 0 Å². The molecule has 0 aromatic heterocycles. The maximum atomic E-state index is 10.8. The number of carbonyl (C=O) groups is 1. The summed E-state index contributed by atoms with van der Waals surface area (Å²) < 4.78 is 10.8. The van der Waals surface area contributed by atoms with Crippen LogP contribution in [0.15, 0.2) is 18.2 Å². The lowest BCUT2D eigenvalue weighted by molar-refractivity contribution is -0.0818. The summed E-state index contributed by atoms with van der Waals surface area (Å²) in [5.74, 6) is -0.993. The van der Waals surface area contributed by atoms with Crippen molar-refractivity contribution in [3.05, 3.63) is 28.8 Å². The number of carboxylic acid groups (broad SMARTS) is 1. The number of halogens is 1. The zero-order valence-corrected chi connectivity index (χ0v) is 10.4. The molecule has 0 radical (unpaired) electrons. The van der Waals surface area contributed by atoms with Crippen molar-refractivity contribution in [1.82, 2.24) is 0 Å². The summed E-state index contributed by atoms with van der Waals surface area (Å²) in [6.07, 6.45) is -0.00559. The van der Waals surface area contributed by atoms with Crippen LogP contribution in [0.4, 0.5) is 5.69 Å². The number of hydrogen-bond acceptors (Lipinski definition) is 4. The van der Waals surface area contributed by atoms with Gasteiger partial charge in [0.2, 0.25) is 0 Å². The second kappa shape index (κ2) is 6.04. The summed E-state index contributed by atoms with van der Waals surface area (Å²) >= 11 is 5.99. The zero-order valence-electron chi connectivity index (χ0n) is 9.69. The summed E-state index contributed by atoms with van der Waals surface area (Å²) in [5.41, 5.74) is 0.860. The Morgan fingerprint density at radius 3 is 2.94 bits per heavy atom. The number of aromatic carboxylic acids is 1. The molecular formula is C12H14ClNO4. The van der Waals surface area contributed by atoms with Crippen LogP contribution in [0.2, 0.25) is 5.02 Å². The van der Waals surface area contributed by atoms with Crippen LogP contribution in [0.25, 0.3) is 0 Å². The molecule has 2 rings (SSSR count). The predicted molar refractivity (Wildman–Crippen MR) is 67.5 cm³/mol. The molecule has 18 heavy (non-hydrogen) atoms. The van der Waals surface area contributed by atoms with Crippen molar-refractivity contribution in [2.45, 2.75) is 6.10 Å². The van der Waals surface area contributed by atoms with E-state index in [1.807, 2.05) is 0 Å². The second-order valence-electron chi connectivity index (χ2n) is 3.95. The molecule has 1 aliphatic rings. The quantitative estimate of drug-likeness (QED) is 0.875. The third-order valence-corrected chi connectivity index (χ3v) is 2.93. The lowest BCUT2D eigenvalue weighted by Crippen LogP contribution is -2.34. The van der Waals surface area contributed by atoms with Crippen LogP contribution in [-0.4, -0.2) is 43.5 Å². The molecular weight excluding hydrogens is 258 g/mol. The van der Waals surface area contributed by atoms with E-state index < -0.39 is 5.97 Å². The van der Waals surface area contributed by atoms with Gasteiger partial charge < -0.3 is 19.9 Å². The molecule has 98 valence electrons. The number of ether oxygens (including phenoxy) is 2. The van der Waals surface area contributed by atoms with Gasteiger partial charge in [-0.15, -0.1) is 0 Å². The van der Waals surface area contributed by atoms with Crippen molar-refractivity contribution in [2.75, 3.05) is 31.7 Å². The van der Waals surface area contributed by atoms with Crippen molar-refractivity contribution in [3.8, 4) is 0 Å². The first-order valence-corrected chi connectivity index (χ1v) is 6.00. The van der Waals surface area contributed by atoms with Gasteiger partial charge in [0, 0.05) is 6.54 Å². The molecule has 1 atom stereocenters. The molecule has 1 unspecified atom stereocenters. The van der Waals surface area contributed by atoms with Gasteiger partial charge in [-0.1, -0.05) is 11.6 Å². The monoisotopic (exact) mass is 271 g/mol. The molecule has 1 aromatic rings. The van der Waals surface area contributed by atoms with Gasteiger partial charge in [0.05, 0.1) is 42.2 Å². The van der Waals surface area contributed by atoms with E-state index in [1.54, 1.807) is 6.07 Å². The number of benzene rings is 1. The highest BCUT2D eigenvalue weighted by Crippen LogP contribution is 2.23. The van der Waals surface area contributed by atoms with Crippen LogP contribution in [0, 0.1) is 0 Å². The smallest absolute Gasteiger partial charge is 0.335 e. The van der Waals surface area contributed by atoms with E-state index in [-0.39, 0.29) is 11.7 Å². The molecule has 0 aliphatic carbocycles. The van der Waals surface area contributed by atoms with Gasteiger partial charge in [-0.05, 0) is 18.2 Å². The molecule has 1 aromatic carbocycles. The van der Waals surface area contributed by atoms with Crippen LogP contribution in [0.5, 0.6) is 0 Å². The first-order chi connectivity index (χ1) is 8.66. The first-order valence-electron chi connectivity index (χ1n) is 5.63. The van der Waals surface area contributed by atoms with E-state index in [4.69, 9.17) is 26.2 Å². The van der Waals surface area contributed by atoms with E-state index in [1.165, 1.54) is 12.1 Å². The van der Waals surface area contributed by atoms with E-state index in [0.717, 1.165) is 0 Å². The van der Waals surface area contributed by atoms with Gasteiger partial charge in [0.25, 0.3) is 0 Å². The van der Waals surface area contributed by atoms with Crippen LogP contribution in [0.1, 0.15) is 10.4 Å². The van der Waals surface area contributed by atoms with Crippen molar-refractivity contribution >= 4 is 23.3 Å². The van der Waals surface area contributed by atoms with Crippen LogP contribution in [-0.2, 0) is 9.47 Å². The van der Waals surface area contributed by atoms with Gasteiger partial charge in [-0.3, -0.25) is 0 Å². The topological polar surface area (TPSA) is 67.8 Å². The van der Waals surface area contributed by atoms with Crippen molar-refractivity contribution in [3.63, 3.8) is 0 Å². The molecule has 2 N–H and O–H groups in total. The Bertz CT molecular complexity index is 432. The largest absolute Gasteiger partial charge is 0.478 e. The van der Waals surface area contributed by atoms with Crippen LogP contribution >= 0.6 is 11.6 Å². The molecule has 1 saturated heterocycles. The molecule has 1 fully saturated rings. The minimum absolute atomic E-state index is 0.00559. The number of nitrogens with one attached hydrogen (secondary N) is 1. The molecule has 5 nitrogen and oxygen atoms in total. The number of anilines is 1. The minimum Gasteiger partial charge on any atom is -0.478 e. The summed E-state index contributed by atoms with van der Waals surface area (Å²) in [7, 11) is 0. The Hall–Kier alpha value is -1.30. The highest BCUT2D eigenvalue weighted by molar-refractivity contribution is 6.33. The lowest BCUT2D eigenvalue weighted by Gasteiger charge is -2.23. The maximum Gasteiger partial charge on any atom is 0.335 e. The number of rotatable bonds is 4. The van der Waals surface area contributed by atoms with Gasteiger partial charge in [-0.25, -0.2) is 4.79 Å². The highest BCUT2D eigenvalue weighted by Gasteiger charge is 2.14. The number of carboxylic acids is 1. The van der Waals surface area contributed by atoms with E-state index in [2.05, 4.69) is 5.32 Å². The minimum atomic E-state index is -0.993. The third kappa shape index (κ3) is 3.35.